The molecule has 6 nitrogen and oxygen atoms in total. The molecule has 2 heterocycles. The zero-order valence-electron chi connectivity index (χ0n) is 8.14. The van der Waals surface area contributed by atoms with E-state index in [2.05, 4.69) is 15.6 Å². The molecule has 80 valence electrons. The van der Waals surface area contributed by atoms with Gasteiger partial charge in [0.1, 0.15) is 6.20 Å². The number of nitrogens with zero attached hydrogens (tertiary/aromatic N) is 2. The van der Waals surface area contributed by atoms with Crippen LogP contribution in [0.25, 0.3) is 0 Å². The fraction of sp³-hybridized carbons (Fsp3) is 0.444. The molecule has 0 aliphatic carbocycles. The maximum absolute atomic E-state index is 10.4. The van der Waals surface area contributed by atoms with Gasteiger partial charge < -0.3 is 10.6 Å². The van der Waals surface area contributed by atoms with Crippen molar-refractivity contribution in [2.75, 3.05) is 19.6 Å². The molecular formula is C9H12N4O2. The summed E-state index contributed by atoms with van der Waals surface area (Å²) in [7, 11) is 0. The molecule has 0 bridgehead atoms. The van der Waals surface area contributed by atoms with E-state index in [1.54, 1.807) is 6.07 Å². The van der Waals surface area contributed by atoms with Crippen LogP contribution < -0.4 is 10.6 Å². The Morgan fingerprint density at radius 3 is 2.87 bits per heavy atom. The second-order valence-corrected chi connectivity index (χ2v) is 3.41. The summed E-state index contributed by atoms with van der Waals surface area (Å²) in [6, 6.07) is 3.33. The zero-order valence-corrected chi connectivity index (χ0v) is 8.14. The van der Waals surface area contributed by atoms with Gasteiger partial charge >= 0.3 is 0 Å². The summed E-state index contributed by atoms with van der Waals surface area (Å²) in [4.78, 5) is 14.1. The highest BCUT2D eigenvalue weighted by molar-refractivity contribution is 5.28. The molecule has 1 aromatic heterocycles. The number of hydrogen-bond acceptors (Lipinski definition) is 5. The highest BCUT2D eigenvalue weighted by Crippen LogP contribution is 2.14. The van der Waals surface area contributed by atoms with E-state index in [-0.39, 0.29) is 11.7 Å². The molecular weight excluding hydrogens is 196 g/mol. The molecule has 1 aliphatic rings. The number of rotatable bonds is 2. The van der Waals surface area contributed by atoms with E-state index in [1.807, 2.05) is 0 Å². The molecule has 0 spiro atoms. The van der Waals surface area contributed by atoms with Gasteiger partial charge in [-0.1, -0.05) is 0 Å². The molecule has 1 aliphatic heterocycles. The number of nitrogens with one attached hydrogen (secondary N) is 2. The van der Waals surface area contributed by atoms with Crippen molar-refractivity contribution in [1.29, 1.82) is 0 Å². The van der Waals surface area contributed by atoms with E-state index in [0.717, 1.165) is 25.3 Å². The first-order valence-corrected chi connectivity index (χ1v) is 4.82. The van der Waals surface area contributed by atoms with Crippen LogP contribution >= 0.6 is 0 Å². The molecule has 15 heavy (non-hydrogen) atoms. The van der Waals surface area contributed by atoms with Crippen LogP contribution in [-0.2, 0) is 0 Å². The average Bonchev–Trinajstić information content (AvgIpc) is 2.30. The lowest BCUT2D eigenvalue weighted by molar-refractivity contribution is -0.385. The molecule has 0 saturated carbocycles. The van der Waals surface area contributed by atoms with E-state index in [1.165, 1.54) is 12.3 Å². The highest BCUT2D eigenvalue weighted by Gasteiger charge is 2.16. The maximum Gasteiger partial charge on any atom is 0.287 e. The van der Waals surface area contributed by atoms with Crippen molar-refractivity contribution < 1.29 is 4.92 Å². The summed E-state index contributed by atoms with van der Waals surface area (Å²) in [6.45, 7) is 2.65. The van der Waals surface area contributed by atoms with Gasteiger partial charge in [-0.25, -0.2) is 0 Å². The SMILES string of the molecule is O=[N+]([O-])c1ccc(C2CNCCN2)nc1. The van der Waals surface area contributed by atoms with E-state index in [0.29, 0.717) is 0 Å². The Hall–Kier alpha value is -1.53. The van der Waals surface area contributed by atoms with Gasteiger partial charge in [-0.2, -0.15) is 0 Å². The molecule has 1 fully saturated rings. The Balaban J connectivity index is 2.11. The first-order valence-electron chi connectivity index (χ1n) is 4.82. The van der Waals surface area contributed by atoms with Crippen LogP contribution in [0.4, 0.5) is 5.69 Å². The average molecular weight is 208 g/mol. The van der Waals surface area contributed by atoms with Gasteiger partial charge in [-0.05, 0) is 6.07 Å². The third-order valence-electron chi connectivity index (χ3n) is 2.38. The quantitative estimate of drug-likeness (QED) is 0.537. The summed E-state index contributed by atoms with van der Waals surface area (Å²) >= 11 is 0. The fourth-order valence-electron chi connectivity index (χ4n) is 1.57. The number of nitro groups is 1. The van der Waals surface area contributed by atoms with Gasteiger partial charge in [0.25, 0.3) is 5.69 Å². The molecule has 1 aromatic rings. The van der Waals surface area contributed by atoms with Crippen LogP contribution in [0.5, 0.6) is 0 Å². The summed E-state index contributed by atoms with van der Waals surface area (Å²) in [5.74, 6) is 0. The molecule has 0 amide bonds. The molecule has 1 saturated heterocycles. The second-order valence-electron chi connectivity index (χ2n) is 3.41. The summed E-state index contributed by atoms with van der Waals surface area (Å²) in [6.07, 6.45) is 1.30. The number of piperazine rings is 1. The van der Waals surface area contributed by atoms with Crippen molar-refractivity contribution in [1.82, 2.24) is 15.6 Å². The van der Waals surface area contributed by atoms with Crippen molar-refractivity contribution >= 4 is 5.69 Å². The van der Waals surface area contributed by atoms with Gasteiger partial charge in [0.05, 0.1) is 16.7 Å². The normalized spacial score (nSPS) is 21.2. The molecule has 1 atom stereocenters. The monoisotopic (exact) mass is 208 g/mol. The molecule has 0 aromatic carbocycles. The lowest BCUT2D eigenvalue weighted by Crippen LogP contribution is -2.42. The minimum absolute atomic E-state index is 0.0301. The molecule has 2 N–H and O–H groups in total. The van der Waals surface area contributed by atoms with Crippen molar-refractivity contribution in [3.63, 3.8) is 0 Å². The standard InChI is InChI=1S/C9H12N4O2/c14-13(15)7-1-2-8(12-5-7)9-6-10-3-4-11-9/h1-2,5,9-11H,3-4,6H2. The van der Waals surface area contributed by atoms with Gasteiger partial charge in [-0.3, -0.25) is 15.1 Å². The van der Waals surface area contributed by atoms with Crippen LogP contribution in [0, 0.1) is 10.1 Å². The van der Waals surface area contributed by atoms with E-state index in [9.17, 15) is 10.1 Å². The summed E-state index contributed by atoms with van der Waals surface area (Å²) in [5, 5.41) is 16.9. The van der Waals surface area contributed by atoms with Crippen LogP contribution in [-0.4, -0.2) is 29.5 Å². The largest absolute Gasteiger partial charge is 0.314 e. The Morgan fingerprint density at radius 2 is 2.33 bits per heavy atom. The first-order chi connectivity index (χ1) is 7.27. The lowest BCUT2D eigenvalue weighted by Gasteiger charge is -2.23. The minimum Gasteiger partial charge on any atom is -0.314 e. The zero-order chi connectivity index (χ0) is 10.7. The van der Waals surface area contributed by atoms with Gasteiger partial charge in [-0.15, -0.1) is 0 Å². The smallest absolute Gasteiger partial charge is 0.287 e. The predicted octanol–water partition coefficient (Wildman–Crippen LogP) is 0.224. The Bertz CT molecular complexity index is 346. The topological polar surface area (TPSA) is 80.1 Å². The predicted molar refractivity (Wildman–Crippen MR) is 54.5 cm³/mol. The number of pyridine rings is 1. The molecule has 0 radical (unpaired) electrons. The van der Waals surface area contributed by atoms with Crippen molar-refractivity contribution in [2.45, 2.75) is 6.04 Å². The van der Waals surface area contributed by atoms with Crippen LogP contribution in [0.3, 0.4) is 0 Å². The van der Waals surface area contributed by atoms with Crippen LogP contribution in [0.2, 0.25) is 0 Å². The maximum atomic E-state index is 10.4. The van der Waals surface area contributed by atoms with E-state index < -0.39 is 4.92 Å². The van der Waals surface area contributed by atoms with Gasteiger partial charge in [0, 0.05) is 25.7 Å². The fourth-order valence-corrected chi connectivity index (χ4v) is 1.57. The summed E-state index contributed by atoms with van der Waals surface area (Å²) in [5.41, 5.74) is 0.871. The van der Waals surface area contributed by atoms with Crippen LogP contribution in [0.1, 0.15) is 11.7 Å². The second kappa shape index (κ2) is 4.33. The Kier molecular flexibility index (Phi) is 2.89. The third-order valence-corrected chi connectivity index (χ3v) is 2.38. The molecule has 6 heteroatoms. The van der Waals surface area contributed by atoms with Gasteiger partial charge in [0.2, 0.25) is 0 Å². The van der Waals surface area contributed by atoms with E-state index in [4.69, 9.17) is 0 Å². The Morgan fingerprint density at radius 1 is 1.47 bits per heavy atom. The van der Waals surface area contributed by atoms with Crippen molar-refractivity contribution in [3.8, 4) is 0 Å². The van der Waals surface area contributed by atoms with Crippen LogP contribution in [0.15, 0.2) is 18.3 Å². The molecule has 1 unspecified atom stereocenters. The number of hydrogen-bond donors (Lipinski definition) is 2. The minimum atomic E-state index is -0.441. The molecule has 2 rings (SSSR count). The third kappa shape index (κ3) is 2.28. The number of aromatic nitrogens is 1. The van der Waals surface area contributed by atoms with Crippen molar-refractivity contribution in [2.24, 2.45) is 0 Å². The van der Waals surface area contributed by atoms with Crippen molar-refractivity contribution in [3.05, 3.63) is 34.1 Å². The lowest BCUT2D eigenvalue weighted by atomic mass is 10.1. The van der Waals surface area contributed by atoms with E-state index >= 15 is 0 Å². The summed E-state index contributed by atoms with van der Waals surface area (Å²) < 4.78 is 0. The Labute approximate surface area is 86.9 Å². The van der Waals surface area contributed by atoms with Gasteiger partial charge in [0.15, 0.2) is 0 Å². The highest BCUT2D eigenvalue weighted by atomic mass is 16.6. The first kappa shape index (κ1) is 10.0.